The van der Waals surface area contributed by atoms with Gasteiger partial charge in [0, 0.05) is 19.6 Å². The lowest BCUT2D eigenvalue weighted by Gasteiger charge is -2.25. The molecular weight excluding hydrogens is 416 g/mol. The van der Waals surface area contributed by atoms with Gasteiger partial charge in [0.05, 0.1) is 10.5 Å². The molecular formula is C23H28N2O5S. The number of ether oxygens (including phenoxy) is 1. The van der Waals surface area contributed by atoms with Crippen LogP contribution in [0.25, 0.3) is 0 Å². The molecule has 31 heavy (non-hydrogen) atoms. The smallest absolute Gasteiger partial charge is 0.338 e. The summed E-state index contributed by atoms with van der Waals surface area (Å²) in [5, 5.41) is 2.77. The average molecular weight is 445 g/mol. The highest BCUT2D eigenvalue weighted by molar-refractivity contribution is 7.89. The predicted octanol–water partition coefficient (Wildman–Crippen LogP) is 3.11. The third-order valence-corrected chi connectivity index (χ3v) is 7.18. The fraction of sp³-hybridized carbons (Fsp3) is 0.391. The summed E-state index contributed by atoms with van der Waals surface area (Å²) in [5.74, 6) is -1.03. The van der Waals surface area contributed by atoms with Gasteiger partial charge >= 0.3 is 5.97 Å². The van der Waals surface area contributed by atoms with Crippen molar-refractivity contribution < 1.29 is 22.7 Å². The lowest BCUT2D eigenvalue weighted by atomic mass is 10.2. The Morgan fingerprint density at radius 2 is 1.65 bits per heavy atom. The Morgan fingerprint density at radius 3 is 2.26 bits per heavy atom. The molecule has 1 aliphatic rings. The number of amides is 1. The Kier molecular flexibility index (Phi) is 7.81. The third kappa shape index (κ3) is 5.92. The molecule has 1 unspecified atom stereocenters. The molecule has 1 N–H and O–H groups in total. The van der Waals surface area contributed by atoms with Gasteiger partial charge < -0.3 is 10.1 Å². The van der Waals surface area contributed by atoms with Gasteiger partial charge in [-0.1, -0.05) is 43.7 Å². The summed E-state index contributed by atoms with van der Waals surface area (Å²) in [6, 6.07) is 15.1. The van der Waals surface area contributed by atoms with E-state index >= 15 is 0 Å². The molecule has 1 saturated heterocycles. The van der Waals surface area contributed by atoms with Crippen LogP contribution in [0, 0.1) is 0 Å². The van der Waals surface area contributed by atoms with Gasteiger partial charge in [0.15, 0.2) is 6.10 Å². The van der Waals surface area contributed by atoms with Crippen LogP contribution in [0.2, 0.25) is 0 Å². The molecule has 0 aliphatic carbocycles. The molecule has 2 aromatic rings. The monoisotopic (exact) mass is 444 g/mol. The molecule has 3 rings (SSSR count). The second kappa shape index (κ2) is 10.5. The Bertz CT molecular complexity index is 984. The summed E-state index contributed by atoms with van der Waals surface area (Å²) in [7, 11) is -3.56. The Hall–Kier alpha value is -2.71. The van der Waals surface area contributed by atoms with Gasteiger partial charge in [-0.05, 0) is 49.1 Å². The zero-order chi connectivity index (χ0) is 22.3. The van der Waals surface area contributed by atoms with Crippen molar-refractivity contribution in [2.24, 2.45) is 0 Å². The average Bonchev–Trinajstić information content (AvgIpc) is 2.82. The van der Waals surface area contributed by atoms with E-state index in [9.17, 15) is 18.0 Å². The van der Waals surface area contributed by atoms with E-state index in [1.54, 1.807) is 6.92 Å². The minimum absolute atomic E-state index is 0.151. The molecule has 8 heteroatoms. The van der Waals surface area contributed by atoms with E-state index in [4.69, 9.17) is 4.74 Å². The highest BCUT2D eigenvalue weighted by atomic mass is 32.2. The zero-order valence-electron chi connectivity index (χ0n) is 17.6. The van der Waals surface area contributed by atoms with Crippen LogP contribution < -0.4 is 5.32 Å². The summed E-state index contributed by atoms with van der Waals surface area (Å²) in [5.41, 5.74) is 1.15. The summed E-state index contributed by atoms with van der Waals surface area (Å²) in [4.78, 5) is 25.0. The van der Waals surface area contributed by atoms with E-state index in [1.165, 1.54) is 28.6 Å². The number of esters is 1. The van der Waals surface area contributed by atoms with Crippen molar-refractivity contribution in [2.45, 2.75) is 50.2 Å². The van der Waals surface area contributed by atoms with Crippen molar-refractivity contribution in [2.75, 3.05) is 13.1 Å². The molecule has 2 aromatic carbocycles. The van der Waals surface area contributed by atoms with Crippen LogP contribution in [-0.4, -0.2) is 43.8 Å². The number of hydrogen-bond donors (Lipinski definition) is 1. The minimum Gasteiger partial charge on any atom is -0.449 e. The highest BCUT2D eigenvalue weighted by Crippen LogP contribution is 2.21. The van der Waals surface area contributed by atoms with E-state index < -0.39 is 22.1 Å². The maximum absolute atomic E-state index is 12.7. The number of carbonyl (C=O) groups excluding carboxylic acids is 2. The summed E-state index contributed by atoms with van der Waals surface area (Å²) >= 11 is 0. The van der Waals surface area contributed by atoms with Crippen LogP contribution in [0.15, 0.2) is 59.5 Å². The first-order chi connectivity index (χ1) is 14.9. The topological polar surface area (TPSA) is 92.8 Å². The van der Waals surface area contributed by atoms with Crippen molar-refractivity contribution in [3.63, 3.8) is 0 Å². The fourth-order valence-corrected chi connectivity index (χ4v) is 4.95. The molecule has 0 saturated carbocycles. The van der Waals surface area contributed by atoms with Crippen molar-refractivity contribution in [1.82, 2.24) is 9.62 Å². The molecule has 166 valence electrons. The van der Waals surface area contributed by atoms with Crippen molar-refractivity contribution in [1.29, 1.82) is 0 Å². The normalized spacial score (nSPS) is 15.8. The van der Waals surface area contributed by atoms with Crippen molar-refractivity contribution >= 4 is 21.9 Å². The summed E-state index contributed by atoms with van der Waals surface area (Å²) < 4.78 is 32.3. The number of sulfonamides is 1. The van der Waals surface area contributed by atoms with E-state index in [0.717, 1.165) is 24.8 Å². The molecule has 1 fully saturated rings. The summed E-state index contributed by atoms with van der Waals surface area (Å²) in [6.45, 7) is 3.13. The van der Waals surface area contributed by atoms with Crippen LogP contribution in [0.5, 0.6) is 0 Å². The van der Waals surface area contributed by atoms with Crippen LogP contribution >= 0.6 is 0 Å². The van der Waals surface area contributed by atoms with E-state index in [1.807, 2.05) is 30.3 Å². The maximum Gasteiger partial charge on any atom is 0.338 e. The summed E-state index contributed by atoms with van der Waals surface area (Å²) in [6.07, 6.45) is 2.15. The van der Waals surface area contributed by atoms with Crippen LogP contribution in [0.4, 0.5) is 0 Å². The lowest BCUT2D eigenvalue weighted by molar-refractivity contribution is -0.130. The third-order valence-electron chi connectivity index (χ3n) is 5.26. The first-order valence-corrected chi connectivity index (χ1v) is 12.0. The van der Waals surface area contributed by atoms with E-state index in [-0.39, 0.29) is 16.4 Å². The first kappa shape index (κ1) is 23.0. The van der Waals surface area contributed by atoms with Gasteiger partial charge in [0.25, 0.3) is 5.91 Å². The van der Waals surface area contributed by atoms with Crippen LogP contribution in [-0.2, 0) is 26.1 Å². The SMILES string of the molecule is CCC(OC(=O)c1ccc(S(=O)(=O)N2CCCCC2)cc1)C(=O)NCc1ccccc1. The van der Waals surface area contributed by atoms with Gasteiger partial charge in [-0.3, -0.25) is 4.79 Å². The lowest BCUT2D eigenvalue weighted by Crippen LogP contribution is -2.37. The van der Waals surface area contributed by atoms with Gasteiger partial charge in [-0.2, -0.15) is 4.31 Å². The molecule has 7 nitrogen and oxygen atoms in total. The number of nitrogens with one attached hydrogen (secondary N) is 1. The van der Waals surface area contributed by atoms with Crippen molar-refractivity contribution in [3.8, 4) is 0 Å². The Labute approximate surface area is 183 Å². The Morgan fingerprint density at radius 1 is 1.00 bits per heavy atom. The molecule has 0 radical (unpaired) electrons. The number of piperidine rings is 1. The van der Waals surface area contributed by atoms with Gasteiger partial charge in [-0.15, -0.1) is 0 Å². The molecule has 0 aromatic heterocycles. The number of hydrogen-bond acceptors (Lipinski definition) is 5. The van der Waals surface area contributed by atoms with Gasteiger partial charge in [-0.25, -0.2) is 13.2 Å². The van der Waals surface area contributed by atoms with Gasteiger partial charge in [0.2, 0.25) is 10.0 Å². The molecule has 1 aliphatic heterocycles. The molecule has 0 bridgehead atoms. The Balaban J connectivity index is 1.60. The van der Waals surface area contributed by atoms with Crippen LogP contribution in [0.3, 0.4) is 0 Å². The maximum atomic E-state index is 12.7. The van der Waals surface area contributed by atoms with Gasteiger partial charge in [0.1, 0.15) is 0 Å². The molecule has 1 heterocycles. The quantitative estimate of drug-likeness (QED) is 0.632. The van der Waals surface area contributed by atoms with E-state index in [2.05, 4.69) is 5.32 Å². The standard InChI is InChI=1S/C23H28N2O5S/c1-2-21(22(26)24-17-18-9-5-3-6-10-18)30-23(27)19-11-13-20(14-12-19)31(28,29)25-15-7-4-8-16-25/h3,5-6,9-14,21H,2,4,7-8,15-17H2,1H3,(H,24,26). The van der Waals surface area contributed by atoms with Crippen molar-refractivity contribution in [3.05, 3.63) is 65.7 Å². The zero-order valence-corrected chi connectivity index (χ0v) is 18.4. The fourth-order valence-electron chi connectivity index (χ4n) is 3.44. The molecule has 1 amide bonds. The predicted molar refractivity (Wildman–Crippen MR) is 117 cm³/mol. The van der Waals surface area contributed by atoms with E-state index in [0.29, 0.717) is 26.1 Å². The first-order valence-electron chi connectivity index (χ1n) is 10.5. The van der Waals surface area contributed by atoms with Crippen LogP contribution in [0.1, 0.15) is 48.5 Å². The number of nitrogens with zero attached hydrogens (tertiary/aromatic N) is 1. The molecule has 1 atom stereocenters. The highest BCUT2D eigenvalue weighted by Gasteiger charge is 2.27. The number of carbonyl (C=O) groups is 2. The number of benzene rings is 2. The molecule has 0 spiro atoms. The second-order valence-electron chi connectivity index (χ2n) is 7.49. The second-order valence-corrected chi connectivity index (χ2v) is 9.43. The largest absolute Gasteiger partial charge is 0.449 e. The minimum atomic E-state index is -3.56. The number of rotatable bonds is 8.